The number of hydrogen-bond acceptors (Lipinski definition) is 4. The normalized spacial score (nSPS) is 10.8. The Morgan fingerprint density at radius 3 is 2.86 bits per heavy atom. The van der Waals surface area contributed by atoms with Gasteiger partial charge in [0.1, 0.15) is 5.82 Å². The monoisotopic (exact) mass is 281 g/mol. The zero-order chi connectivity index (χ0) is 14.7. The van der Waals surface area contributed by atoms with E-state index in [0.717, 1.165) is 30.4 Å². The lowest BCUT2D eigenvalue weighted by Gasteiger charge is -2.11. The molecular weight excluding hydrogens is 262 g/mol. The van der Waals surface area contributed by atoms with Crippen molar-refractivity contribution in [3.63, 3.8) is 0 Å². The standard InChI is InChI=1S/C16H19N5/c1-3-17-14-11-21-9-8-18-16(21)15(20-14)19-10-13-7-5-4-6-12(13)2/h4-9,11,17H,3,10H2,1-2H3,(H,19,20). The Bertz CT molecular complexity index is 747. The highest BCUT2D eigenvalue weighted by atomic mass is 15.1. The van der Waals surface area contributed by atoms with E-state index in [9.17, 15) is 0 Å². The van der Waals surface area contributed by atoms with Gasteiger partial charge in [-0.25, -0.2) is 9.97 Å². The van der Waals surface area contributed by atoms with Crippen LogP contribution in [-0.2, 0) is 6.54 Å². The Hall–Kier alpha value is -2.56. The Balaban J connectivity index is 1.89. The van der Waals surface area contributed by atoms with Crippen LogP contribution >= 0.6 is 0 Å². The minimum absolute atomic E-state index is 0.734. The van der Waals surface area contributed by atoms with Crippen LogP contribution in [0.4, 0.5) is 11.6 Å². The Morgan fingerprint density at radius 1 is 1.19 bits per heavy atom. The van der Waals surface area contributed by atoms with E-state index in [2.05, 4.69) is 58.7 Å². The molecule has 0 radical (unpaired) electrons. The Morgan fingerprint density at radius 2 is 2.05 bits per heavy atom. The molecule has 5 nitrogen and oxygen atoms in total. The molecule has 2 N–H and O–H groups in total. The second-order valence-corrected chi connectivity index (χ2v) is 4.94. The first-order chi connectivity index (χ1) is 10.3. The van der Waals surface area contributed by atoms with Crippen LogP contribution in [0.2, 0.25) is 0 Å². The largest absolute Gasteiger partial charge is 0.369 e. The van der Waals surface area contributed by atoms with Gasteiger partial charge in [0.2, 0.25) is 0 Å². The van der Waals surface area contributed by atoms with Crippen LogP contribution in [0.15, 0.2) is 42.9 Å². The predicted molar refractivity (Wildman–Crippen MR) is 85.7 cm³/mol. The third-order valence-corrected chi connectivity index (χ3v) is 3.44. The summed E-state index contributed by atoms with van der Waals surface area (Å²) in [5.41, 5.74) is 3.37. The van der Waals surface area contributed by atoms with Gasteiger partial charge in [0.15, 0.2) is 11.5 Å². The lowest BCUT2D eigenvalue weighted by molar-refractivity contribution is 1.05. The van der Waals surface area contributed by atoms with E-state index < -0.39 is 0 Å². The number of fused-ring (bicyclic) bond motifs is 1. The molecule has 2 aromatic heterocycles. The molecule has 3 aromatic rings. The lowest BCUT2D eigenvalue weighted by atomic mass is 10.1. The van der Waals surface area contributed by atoms with Gasteiger partial charge in [-0.1, -0.05) is 24.3 Å². The number of rotatable bonds is 5. The molecule has 3 rings (SSSR count). The van der Waals surface area contributed by atoms with Gasteiger partial charge < -0.3 is 15.0 Å². The molecule has 0 aliphatic rings. The molecule has 0 saturated heterocycles. The third kappa shape index (κ3) is 2.81. The summed E-state index contributed by atoms with van der Waals surface area (Å²) in [6.45, 7) is 5.74. The number of hydrogen-bond donors (Lipinski definition) is 2. The van der Waals surface area contributed by atoms with E-state index in [1.54, 1.807) is 6.20 Å². The molecule has 0 amide bonds. The molecule has 0 aliphatic heterocycles. The number of aromatic nitrogens is 3. The zero-order valence-electron chi connectivity index (χ0n) is 12.3. The topological polar surface area (TPSA) is 54.2 Å². The predicted octanol–water partition coefficient (Wildman–Crippen LogP) is 3.08. The molecule has 108 valence electrons. The summed E-state index contributed by atoms with van der Waals surface area (Å²) in [5.74, 6) is 1.64. The summed E-state index contributed by atoms with van der Waals surface area (Å²) in [5, 5.41) is 6.63. The van der Waals surface area contributed by atoms with Crippen molar-refractivity contribution >= 4 is 17.3 Å². The van der Waals surface area contributed by atoms with E-state index in [0.29, 0.717) is 0 Å². The van der Waals surface area contributed by atoms with E-state index in [4.69, 9.17) is 0 Å². The second kappa shape index (κ2) is 5.83. The first kappa shape index (κ1) is 13.4. The number of benzene rings is 1. The van der Waals surface area contributed by atoms with Crippen LogP contribution in [-0.4, -0.2) is 20.9 Å². The van der Waals surface area contributed by atoms with E-state index in [1.807, 2.05) is 16.8 Å². The van der Waals surface area contributed by atoms with Crippen molar-refractivity contribution in [3.8, 4) is 0 Å². The number of anilines is 2. The van der Waals surface area contributed by atoms with E-state index >= 15 is 0 Å². The van der Waals surface area contributed by atoms with Gasteiger partial charge >= 0.3 is 0 Å². The molecule has 0 unspecified atom stereocenters. The van der Waals surface area contributed by atoms with Crippen molar-refractivity contribution in [1.29, 1.82) is 0 Å². The number of aryl methyl sites for hydroxylation is 1. The highest BCUT2D eigenvalue weighted by molar-refractivity contribution is 5.65. The van der Waals surface area contributed by atoms with Gasteiger partial charge in [-0.15, -0.1) is 0 Å². The molecule has 21 heavy (non-hydrogen) atoms. The molecular formula is C16H19N5. The van der Waals surface area contributed by atoms with Crippen LogP contribution < -0.4 is 10.6 Å². The number of nitrogens with zero attached hydrogens (tertiary/aromatic N) is 3. The van der Waals surface area contributed by atoms with E-state index in [-0.39, 0.29) is 0 Å². The summed E-state index contributed by atoms with van der Waals surface area (Å²) >= 11 is 0. The molecule has 0 atom stereocenters. The highest BCUT2D eigenvalue weighted by Crippen LogP contribution is 2.18. The van der Waals surface area contributed by atoms with Crippen molar-refractivity contribution in [2.24, 2.45) is 0 Å². The van der Waals surface area contributed by atoms with Gasteiger partial charge in [-0.3, -0.25) is 0 Å². The molecule has 5 heteroatoms. The Labute approximate surface area is 124 Å². The highest BCUT2D eigenvalue weighted by Gasteiger charge is 2.07. The van der Waals surface area contributed by atoms with Crippen molar-refractivity contribution in [1.82, 2.24) is 14.4 Å². The summed E-state index contributed by atoms with van der Waals surface area (Å²) in [6.07, 6.45) is 5.66. The molecule has 0 fully saturated rings. The van der Waals surface area contributed by atoms with Gasteiger partial charge in [-0.2, -0.15) is 0 Å². The molecule has 1 aromatic carbocycles. The Kier molecular flexibility index (Phi) is 3.73. The molecule has 0 saturated carbocycles. The maximum absolute atomic E-state index is 4.60. The first-order valence-corrected chi connectivity index (χ1v) is 7.14. The van der Waals surface area contributed by atoms with Gasteiger partial charge in [0.05, 0.1) is 6.20 Å². The fourth-order valence-electron chi connectivity index (χ4n) is 2.30. The van der Waals surface area contributed by atoms with Crippen LogP contribution in [0.5, 0.6) is 0 Å². The molecule has 0 spiro atoms. The van der Waals surface area contributed by atoms with Crippen molar-refractivity contribution in [2.45, 2.75) is 20.4 Å². The quantitative estimate of drug-likeness (QED) is 0.754. The minimum Gasteiger partial charge on any atom is -0.369 e. The fraction of sp³-hybridized carbons (Fsp3) is 0.250. The third-order valence-electron chi connectivity index (χ3n) is 3.44. The summed E-state index contributed by atoms with van der Waals surface area (Å²) < 4.78 is 1.98. The zero-order valence-corrected chi connectivity index (χ0v) is 12.3. The van der Waals surface area contributed by atoms with Gasteiger partial charge in [0, 0.05) is 25.5 Å². The van der Waals surface area contributed by atoms with Crippen molar-refractivity contribution in [2.75, 3.05) is 17.2 Å². The van der Waals surface area contributed by atoms with Crippen LogP contribution in [0.1, 0.15) is 18.1 Å². The van der Waals surface area contributed by atoms with Crippen LogP contribution in [0, 0.1) is 6.92 Å². The van der Waals surface area contributed by atoms with Crippen LogP contribution in [0.3, 0.4) is 0 Å². The van der Waals surface area contributed by atoms with Crippen molar-refractivity contribution < 1.29 is 0 Å². The molecule has 0 bridgehead atoms. The maximum Gasteiger partial charge on any atom is 0.180 e. The SMILES string of the molecule is CCNc1cn2ccnc2c(NCc2ccccc2C)n1. The molecule has 0 aliphatic carbocycles. The maximum atomic E-state index is 4.60. The fourth-order valence-corrected chi connectivity index (χ4v) is 2.30. The molecule has 2 heterocycles. The summed E-state index contributed by atoms with van der Waals surface area (Å²) in [7, 11) is 0. The van der Waals surface area contributed by atoms with Gasteiger partial charge in [-0.05, 0) is 25.0 Å². The smallest absolute Gasteiger partial charge is 0.180 e. The average molecular weight is 281 g/mol. The van der Waals surface area contributed by atoms with Gasteiger partial charge in [0.25, 0.3) is 0 Å². The average Bonchev–Trinajstić information content (AvgIpc) is 2.95. The summed E-state index contributed by atoms with van der Waals surface area (Å²) in [6, 6.07) is 8.34. The number of nitrogens with one attached hydrogen (secondary N) is 2. The van der Waals surface area contributed by atoms with Crippen LogP contribution in [0.25, 0.3) is 5.65 Å². The lowest BCUT2D eigenvalue weighted by Crippen LogP contribution is -2.08. The minimum atomic E-state index is 0.734. The number of imidazole rings is 1. The first-order valence-electron chi connectivity index (χ1n) is 7.14. The van der Waals surface area contributed by atoms with Crippen molar-refractivity contribution in [3.05, 3.63) is 54.0 Å². The summed E-state index contributed by atoms with van der Waals surface area (Å²) in [4.78, 5) is 8.97. The second-order valence-electron chi connectivity index (χ2n) is 4.94. The van der Waals surface area contributed by atoms with E-state index in [1.165, 1.54) is 11.1 Å².